The Morgan fingerprint density at radius 1 is 0.562 bits per heavy atom. The molecule has 2 amide bonds. The highest BCUT2D eigenvalue weighted by atomic mass is 28.3. The van der Waals surface area contributed by atoms with Crippen molar-refractivity contribution >= 4 is 32.2 Å². The van der Waals surface area contributed by atoms with E-state index in [1.165, 1.54) is 7.11 Å². The Morgan fingerprint density at radius 2 is 1.00 bits per heavy atom. The standard InChI is InChI=1S/C51H60N2O10Si/c1-51(2,3)63-50(57)53-43(47(54)58-4)31-41-29-39(23-25-45(41)60-33-36-17-11-8-12-18-36)40-24-26-46(61-34-37-19-13-9-14-20-37)42(30-40)32-44(48(55)59-27-28-64(5,6)7)52-49(56)62-35-38-21-15-10-16-22-38/h8-26,29-30,43-44H,27-28,31-35H2,1-7H3,(H,52,56)(H,53,57)/t43-,44-/m0/s1. The first-order valence-corrected chi connectivity index (χ1v) is 25.1. The summed E-state index contributed by atoms with van der Waals surface area (Å²) < 4.78 is 34.7. The molecule has 12 nitrogen and oxygen atoms in total. The SMILES string of the molecule is COC(=O)[C@H](Cc1cc(-c2ccc(OCc3ccccc3)c(C[C@H](NC(=O)OCc3ccccc3)C(=O)OCC[Si](C)(C)C)c2)ccc1OCc1ccccc1)NC(=O)OC(C)(C)C. The van der Waals surface area contributed by atoms with Gasteiger partial charge in [-0.3, -0.25) is 0 Å². The third-order valence-corrected chi connectivity index (χ3v) is 11.5. The smallest absolute Gasteiger partial charge is 0.408 e. The summed E-state index contributed by atoms with van der Waals surface area (Å²) in [6.07, 6.45) is -1.52. The molecular formula is C51H60N2O10Si. The molecular weight excluding hydrogens is 829 g/mol. The lowest BCUT2D eigenvalue weighted by molar-refractivity contribution is -0.145. The molecule has 0 heterocycles. The van der Waals surface area contributed by atoms with Gasteiger partial charge in [0.05, 0.1) is 13.7 Å². The van der Waals surface area contributed by atoms with Gasteiger partial charge < -0.3 is 39.1 Å². The van der Waals surface area contributed by atoms with Crippen LogP contribution in [0.15, 0.2) is 127 Å². The highest BCUT2D eigenvalue weighted by molar-refractivity contribution is 6.76. The largest absolute Gasteiger partial charge is 0.489 e. The molecule has 0 saturated heterocycles. The molecule has 0 aliphatic carbocycles. The summed E-state index contributed by atoms with van der Waals surface area (Å²) in [7, 11) is -0.296. The third kappa shape index (κ3) is 16.3. The van der Waals surface area contributed by atoms with Crippen LogP contribution in [-0.4, -0.2) is 63.6 Å². The first kappa shape index (κ1) is 48.4. The van der Waals surface area contributed by atoms with Crippen LogP contribution in [0.2, 0.25) is 25.7 Å². The zero-order chi connectivity index (χ0) is 46.1. The molecule has 0 spiro atoms. The van der Waals surface area contributed by atoms with Crippen molar-refractivity contribution in [1.29, 1.82) is 0 Å². The number of methoxy groups -OCH3 is 1. The van der Waals surface area contributed by atoms with E-state index in [0.29, 0.717) is 22.6 Å². The van der Waals surface area contributed by atoms with Crippen LogP contribution in [0.1, 0.15) is 48.6 Å². The molecule has 338 valence electrons. The van der Waals surface area contributed by atoms with Gasteiger partial charge >= 0.3 is 24.1 Å². The molecule has 0 fully saturated rings. The van der Waals surface area contributed by atoms with E-state index in [1.54, 1.807) is 20.8 Å². The summed E-state index contributed by atoms with van der Waals surface area (Å²) in [5, 5.41) is 5.44. The van der Waals surface area contributed by atoms with E-state index in [2.05, 4.69) is 30.3 Å². The maximum absolute atomic E-state index is 13.9. The van der Waals surface area contributed by atoms with E-state index in [-0.39, 0.29) is 39.3 Å². The topological polar surface area (TPSA) is 148 Å². The lowest BCUT2D eigenvalue weighted by Gasteiger charge is -2.23. The Kier molecular flexibility index (Phi) is 17.5. The van der Waals surface area contributed by atoms with Crippen molar-refractivity contribution in [3.8, 4) is 22.6 Å². The van der Waals surface area contributed by atoms with E-state index in [9.17, 15) is 19.2 Å². The highest BCUT2D eigenvalue weighted by Gasteiger charge is 2.29. The highest BCUT2D eigenvalue weighted by Crippen LogP contribution is 2.33. The van der Waals surface area contributed by atoms with Crippen molar-refractivity contribution in [3.05, 3.63) is 155 Å². The average Bonchev–Trinajstić information content (AvgIpc) is 3.26. The van der Waals surface area contributed by atoms with Crippen LogP contribution in [0.5, 0.6) is 11.5 Å². The molecule has 0 radical (unpaired) electrons. The van der Waals surface area contributed by atoms with Crippen molar-refractivity contribution in [3.63, 3.8) is 0 Å². The van der Waals surface area contributed by atoms with E-state index >= 15 is 0 Å². The van der Waals surface area contributed by atoms with Gasteiger partial charge in [-0.2, -0.15) is 0 Å². The van der Waals surface area contributed by atoms with Crippen molar-refractivity contribution in [1.82, 2.24) is 10.6 Å². The van der Waals surface area contributed by atoms with Crippen molar-refractivity contribution in [2.75, 3.05) is 13.7 Å². The monoisotopic (exact) mass is 888 g/mol. The number of carbonyl (C=O) groups is 4. The number of benzene rings is 5. The number of amides is 2. The predicted octanol–water partition coefficient (Wildman–Crippen LogP) is 9.84. The zero-order valence-corrected chi connectivity index (χ0v) is 38.8. The fourth-order valence-electron chi connectivity index (χ4n) is 6.47. The Labute approximate surface area is 377 Å². The molecule has 0 aromatic heterocycles. The number of esters is 2. The van der Waals surface area contributed by atoms with Crippen molar-refractivity contribution in [2.24, 2.45) is 0 Å². The van der Waals surface area contributed by atoms with Crippen LogP contribution in [-0.2, 0) is 61.2 Å². The normalized spacial score (nSPS) is 12.2. The van der Waals surface area contributed by atoms with E-state index in [0.717, 1.165) is 33.9 Å². The van der Waals surface area contributed by atoms with E-state index in [1.807, 2.05) is 127 Å². The predicted molar refractivity (Wildman–Crippen MR) is 249 cm³/mol. The second-order valence-corrected chi connectivity index (χ2v) is 23.2. The van der Waals surface area contributed by atoms with Crippen LogP contribution in [0.3, 0.4) is 0 Å². The molecule has 2 atom stereocenters. The number of carbonyl (C=O) groups excluding carboxylic acids is 4. The minimum Gasteiger partial charge on any atom is -0.489 e. The molecule has 5 aromatic carbocycles. The summed E-state index contributed by atoms with van der Waals surface area (Å²) in [6.45, 7) is 12.5. The lowest BCUT2D eigenvalue weighted by atomic mass is 9.95. The van der Waals surface area contributed by atoms with Crippen LogP contribution in [0.25, 0.3) is 11.1 Å². The van der Waals surface area contributed by atoms with Gasteiger partial charge in [-0.25, -0.2) is 19.2 Å². The van der Waals surface area contributed by atoms with Crippen LogP contribution in [0, 0.1) is 0 Å². The van der Waals surface area contributed by atoms with Crippen LogP contribution < -0.4 is 20.1 Å². The number of alkyl carbamates (subject to hydrolysis) is 2. The summed E-state index contributed by atoms with van der Waals surface area (Å²) in [6, 6.07) is 38.4. The molecule has 0 aliphatic heterocycles. The Balaban J connectivity index is 1.52. The van der Waals surface area contributed by atoms with Gasteiger partial charge in [-0.15, -0.1) is 0 Å². The first-order chi connectivity index (χ1) is 30.5. The molecule has 5 aromatic rings. The quantitative estimate of drug-likeness (QED) is 0.0440. The van der Waals surface area contributed by atoms with Gasteiger partial charge in [0.1, 0.15) is 49.0 Å². The van der Waals surface area contributed by atoms with E-state index in [4.69, 9.17) is 28.4 Å². The molecule has 5 rings (SSSR count). The summed E-state index contributed by atoms with van der Waals surface area (Å²) in [4.78, 5) is 53.2. The minimum absolute atomic E-state index is 0.00928. The lowest BCUT2D eigenvalue weighted by Crippen LogP contribution is -2.45. The number of hydrogen-bond acceptors (Lipinski definition) is 10. The van der Waals surface area contributed by atoms with E-state index < -0.39 is 49.9 Å². The first-order valence-electron chi connectivity index (χ1n) is 21.4. The van der Waals surface area contributed by atoms with Gasteiger partial charge in [0.25, 0.3) is 0 Å². The van der Waals surface area contributed by atoms with Crippen molar-refractivity contribution in [2.45, 2.75) is 96.8 Å². The second-order valence-electron chi connectivity index (χ2n) is 17.6. The maximum Gasteiger partial charge on any atom is 0.408 e. The van der Waals surface area contributed by atoms with Crippen molar-refractivity contribution < 1.29 is 47.6 Å². The van der Waals surface area contributed by atoms with Gasteiger partial charge in [0.2, 0.25) is 0 Å². The second kappa shape index (κ2) is 23.2. The van der Waals surface area contributed by atoms with Gasteiger partial charge in [0.15, 0.2) is 0 Å². The molecule has 0 unspecified atom stereocenters. The number of rotatable bonds is 20. The Bertz CT molecular complexity index is 2290. The number of ether oxygens (including phenoxy) is 6. The molecule has 2 N–H and O–H groups in total. The molecule has 13 heteroatoms. The van der Waals surface area contributed by atoms with Crippen LogP contribution in [0.4, 0.5) is 9.59 Å². The average molecular weight is 889 g/mol. The summed E-state index contributed by atoms with van der Waals surface area (Å²) in [5.41, 5.74) is 4.59. The van der Waals surface area contributed by atoms with Gasteiger partial charge in [-0.05, 0) is 90.0 Å². The third-order valence-electron chi connectivity index (χ3n) is 9.84. The summed E-state index contributed by atoms with van der Waals surface area (Å²) in [5.74, 6) is -0.259. The Hall–Kier alpha value is -6.60. The number of hydrogen-bond donors (Lipinski definition) is 2. The fourth-order valence-corrected chi connectivity index (χ4v) is 7.19. The molecule has 0 aliphatic rings. The maximum atomic E-state index is 13.9. The molecule has 0 saturated carbocycles. The fraction of sp³-hybridized carbons (Fsp3) is 0.333. The number of nitrogens with one attached hydrogen (secondary N) is 2. The minimum atomic E-state index is -1.55. The zero-order valence-electron chi connectivity index (χ0n) is 37.8. The Morgan fingerprint density at radius 3 is 1.44 bits per heavy atom. The molecule has 64 heavy (non-hydrogen) atoms. The van der Waals surface area contributed by atoms with Crippen LogP contribution >= 0.6 is 0 Å². The van der Waals surface area contributed by atoms with Gasteiger partial charge in [-0.1, -0.05) is 123 Å². The molecule has 0 bridgehead atoms. The summed E-state index contributed by atoms with van der Waals surface area (Å²) >= 11 is 0. The van der Waals surface area contributed by atoms with Gasteiger partial charge in [0, 0.05) is 20.9 Å².